The summed E-state index contributed by atoms with van der Waals surface area (Å²) in [7, 11) is 0. The molecule has 7 nitrogen and oxygen atoms in total. The molecule has 31 heavy (non-hydrogen) atoms. The Morgan fingerprint density at radius 3 is 2.26 bits per heavy atom. The van der Waals surface area contributed by atoms with Crippen LogP contribution in [0.1, 0.15) is 85.5 Å². The predicted octanol–water partition coefficient (Wildman–Crippen LogP) is 2.12. The Morgan fingerprint density at radius 2 is 1.65 bits per heavy atom. The van der Waals surface area contributed by atoms with Crippen LogP contribution in [0.3, 0.4) is 0 Å². The number of unbranched alkanes of at least 4 members (excludes halogenated alkanes) is 4. The Balaban J connectivity index is 1.99. The molecule has 8 atom stereocenters. The van der Waals surface area contributed by atoms with Crippen molar-refractivity contribution in [2.45, 2.75) is 128 Å². The van der Waals surface area contributed by atoms with Crippen molar-refractivity contribution in [3.8, 4) is 0 Å². The fraction of sp³-hybridized carbons (Fsp3) is 0.958. The third kappa shape index (κ3) is 7.39. The Kier molecular flexibility index (Phi) is 11.2. The number of amides is 1. The van der Waals surface area contributed by atoms with Crippen molar-refractivity contribution in [2.75, 3.05) is 6.54 Å². The summed E-state index contributed by atoms with van der Waals surface area (Å²) < 4.78 is 6.11. The van der Waals surface area contributed by atoms with E-state index in [0.29, 0.717) is 12.3 Å². The molecule has 2 rings (SSSR count). The highest BCUT2D eigenvalue weighted by Crippen LogP contribution is 2.29. The lowest BCUT2D eigenvalue weighted by atomic mass is 9.85. The van der Waals surface area contributed by atoms with E-state index in [1.165, 1.54) is 19.3 Å². The monoisotopic (exact) mass is 442 g/mol. The lowest BCUT2D eigenvalue weighted by Crippen LogP contribution is -2.65. The second-order valence-electron chi connectivity index (χ2n) is 9.94. The van der Waals surface area contributed by atoms with E-state index in [9.17, 15) is 20.1 Å². The third-order valence-corrected chi connectivity index (χ3v) is 6.98. The summed E-state index contributed by atoms with van der Waals surface area (Å²) in [5.41, 5.74) is 0. The Hall–Kier alpha value is -0.730. The van der Waals surface area contributed by atoms with E-state index in [1.807, 2.05) is 13.8 Å². The van der Waals surface area contributed by atoms with Crippen LogP contribution in [0.15, 0.2) is 0 Å². The zero-order valence-corrected chi connectivity index (χ0v) is 19.9. The van der Waals surface area contributed by atoms with Crippen LogP contribution in [-0.4, -0.2) is 70.4 Å². The summed E-state index contributed by atoms with van der Waals surface area (Å²) in [4.78, 5) is 13.0. The van der Waals surface area contributed by atoms with Gasteiger partial charge >= 0.3 is 0 Å². The Bertz CT molecular complexity index is 532. The fourth-order valence-corrected chi connectivity index (χ4v) is 4.92. The van der Waals surface area contributed by atoms with E-state index in [0.717, 1.165) is 38.6 Å². The van der Waals surface area contributed by atoms with Gasteiger partial charge in [-0.05, 0) is 37.6 Å². The first kappa shape index (κ1) is 26.5. The molecule has 0 aromatic rings. The lowest BCUT2D eigenvalue weighted by molar-refractivity contribution is -0.232. The van der Waals surface area contributed by atoms with E-state index in [-0.39, 0.29) is 17.9 Å². The average Bonchev–Trinajstić information content (AvgIpc) is 3.21. The number of nitrogens with one attached hydrogen (secondary N) is 2. The smallest absolute Gasteiger partial charge is 0.237 e. The number of hydrogen-bond donors (Lipinski definition) is 5. The van der Waals surface area contributed by atoms with Crippen molar-refractivity contribution in [1.82, 2.24) is 10.6 Å². The summed E-state index contributed by atoms with van der Waals surface area (Å²) >= 11 is 0. The second kappa shape index (κ2) is 13.1. The maximum Gasteiger partial charge on any atom is 0.237 e. The van der Waals surface area contributed by atoms with Crippen LogP contribution in [0.4, 0.5) is 0 Å². The molecule has 0 bridgehead atoms. The topological polar surface area (TPSA) is 111 Å². The number of hydrogen-bond acceptors (Lipinski definition) is 6. The number of carbonyl (C=O) groups excluding carboxylic acids is 1. The molecular formula is C24H46N2O5. The first-order valence-electron chi connectivity index (χ1n) is 12.5. The van der Waals surface area contributed by atoms with E-state index in [1.54, 1.807) is 0 Å². The summed E-state index contributed by atoms with van der Waals surface area (Å²) in [6, 6.07) is -0.677. The summed E-state index contributed by atoms with van der Waals surface area (Å²) in [5.74, 6) is 0.455. The largest absolute Gasteiger partial charge is 0.388 e. The van der Waals surface area contributed by atoms with Gasteiger partial charge in [-0.3, -0.25) is 4.79 Å². The lowest BCUT2D eigenvalue weighted by Gasteiger charge is -2.45. The molecule has 0 aromatic heterocycles. The molecule has 0 aliphatic carbocycles. The molecular weight excluding hydrogens is 396 g/mol. The highest BCUT2D eigenvalue weighted by atomic mass is 16.5. The number of carbonyl (C=O) groups is 1. The van der Waals surface area contributed by atoms with Crippen LogP contribution in [0.25, 0.3) is 0 Å². The predicted molar refractivity (Wildman–Crippen MR) is 122 cm³/mol. The maximum atomic E-state index is 13.0. The molecule has 2 saturated heterocycles. The van der Waals surface area contributed by atoms with Gasteiger partial charge in [0.05, 0.1) is 18.2 Å². The van der Waals surface area contributed by atoms with Gasteiger partial charge in [-0.1, -0.05) is 66.2 Å². The third-order valence-electron chi connectivity index (χ3n) is 6.98. The van der Waals surface area contributed by atoms with Crippen molar-refractivity contribution in [3.63, 3.8) is 0 Å². The number of rotatable bonds is 12. The van der Waals surface area contributed by atoms with Gasteiger partial charge in [0.15, 0.2) is 0 Å². The summed E-state index contributed by atoms with van der Waals surface area (Å²) in [5, 5.41) is 37.9. The van der Waals surface area contributed by atoms with Crippen molar-refractivity contribution in [1.29, 1.82) is 0 Å². The van der Waals surface area contributed by atoms with Gasteiger partial charge in [0.25, 0.3) is 0 Å². The fourth-order valence-electron chi connectivity index (χ4n) is 4.92. The van der Waals surface area contributed by atoms with Crippen LogP contribution in [-0.2, 0) is 9.53 Å². The molecule has 2 fully saturated rings. The van der Waals surface area contributed by atoms with E-state index in [2.05, 4.69) is 24.5 Å². The second-order valence-corrected chi connectivity index (χ2v) is 9.94. The SMILES string of the molecule is CCCCCC1CN[C@H](C(=O)N[C@H](C(C)C)[C@H]2O[C@H](CCCCC)[C@H](O)[C@@H](O)[C@H]2O)C1. The Morgan fingerprint density at radius 1 is 1.00 bits per heavy atom. The van der Waals surface area contributed by atoms with Crippen molar-refractivity contribution in [2.24, 2.45) is 11.8 Å². The molecule has 2 aliphatic heterocycles. The quantitative estimate of drug-likeness (QED) is 0.296. The van der Waals surface area contributed by atoms with Crippen molar-refractivity contribution < 1.29 is 24.9 Å². The summed E-state index contributed by atoms with van der Waals surface area (Å²) in [6.45, 7) is 9.11. The van der Waals surface area contributed by atoms with Crippen LogP contribution in [0.5, 0.6) is 0 Å². The average molecular weight is 443 g/mol. The zero-order valence-electron chi connectivity index (χ0n) is 19.9. The van der Waals surface area contributed by atoms with Gasteiger partial charge in [-0.25, -0.2) is 0 Å². The molecule has 0 aromatic carbocycles. The molecule has 1 unspecified atom stereocenters. The molecule has 2 aliphatic rings. The highest BCUT2D eigenvalue weighted by molar-refractivity contribution is 5.82. The van der Waals surface area contributed by atoms with E-state index >= 15 is 0 Å². The maximum absolute atomic E-state index is 13.0. The minimum Gasteiger partial charge on any atom is -0.388 e. The molecule has 182 valence electrons. The van der Waals surface area contributed by atoms with Crippen molar-refractivity contribution in [3.05, 3.63) is 0 Å². The molecule has 0 spiro atoms. The van der Waals surface area contributed by atoms with Gasteiger partial charge in [0.2, 0.25) is 5.91 Å². The Labute approximate surface area is 188 Å². The minimum absolute atomic E-state index is 0.00379. The number of aliphatic hydroxyl groups excluding tert-OH is 3. The molecule has 7 heteroatoms. The highest BCUT2D eigenvalue weighted by Gasteiger charge is 2.47. The van der Waals surface area contributed by atoms with Crippen LogP contribution in [0, 0.1) is 11.8 Å². The van der Waals surface area contributed by atoms with Crippen molar-refractivity contribution >= 4 is 5.91 Å². The van der Waals surface area contributed by atoms with E-state index < -0.39 is 36.6 Å². The van der Waals surface area contributed by atoms with Gasteiger partial charge in [-0.15, -0.1) is 0 Å². The van der Waals surface area contributed by atoms with Gasteiger partial charge in [-0.2, -0.15) is 0 Å². The van der Waals surface area contributed by atoms with E-state index in [4.69, 9.17) is 4.74 Å². The summed E-state index contributed by atoms with van der Waals surface area (Å²) in [6.07, 6.45) is 4.24. The molecule has 0 saturated carbocycles. The molecule has 2 heterocycles. The minimum atomic E-state index is -1.28. The van der Waals surface area contributed by atoms with Crippen LogP contribution >= 0.6 is 0 Å². The van der Waals surface area contributed by atoms with Gasteiger partial charge < -0.3 is 30.7 Å². The molecule has 0 radical (unpaired) electrons. The normalized spacial score (nSPS) is 34.8. The number of ether oxygens (including phenoxy) is 1. The number of aliphatic hydroxyl groups is 3. The van der Waals surface area contributed by atoms with Gasteiger partial charge in [0, 0.05) is 0 Å². The van der Waals surface area contributed by atoms with Gasteiger partial charge in [0.1, 0.15) is 24.4 Å². The molecule has 5 N–H and O–H groups in total. The van der Waals surface area contributed by atoms with Crippen LogP contribution < -0.4 is 10.6 Å². The first-order chi connectivity index (χ1) is 14.8. The standard InChI is InChI=1S/C24H46N2O5/c1-5-7-9-11-16-13-17(25-14-16)24(30)26-19(15(3)4)23-22(29)21(28)20(27)18(31-23)12-10-8-6-2/h15-23,25,27-29H,5-14H2,1-4H3,(H,26,30)/t16?,17-,18+,19+,20-,21+,22+,23+/m0/s1. The van der Waals surface area contributed by atoms with Crippen LogP contribution in [0.2, 0.25) is 0 Å². The first-order valence-corrected chi connectivity index (χ1v) is 12.5. The molecule has 1 amide bonds. The zero-order chi connectivity index (χ0) is 23.0.